The second-order valence-corrected chi connectivity index (χ2v) is 11.9. The number of benzene rings is 4. The first-order chi connectivity index (χ1) is 21.4. The van der Waals surface area contributed by atoms with Crippen molar-refractivity contribution in [3.63, 3.8) is 0 Å². The van der Waals surface area contributed by atoms with Crippen LogP contribution in [0.2, 0.25) is 0 Å². The van der Waals surface area contributed by atoms with Gasteiger partial charge in [-0.25, -0.2) is 0 Å². The molecule has 3 aliphatic rings. The van der Waals surface area contributed by atoms with Gasteiger partial charge in [0, 0.05) is 35.3 Å². The van der Waals surface area contributed by atoms with E-state index in [1.54, 1.807) is 27.4 Å². The molecular weight excluding hydrogens is 556 g/mol. The van der Waals surface area contributed by atoms with Crippen molar-refractivity contribution < 1.29 is 29.2 Å². The van der Waals surface area contributed by atoms with Crippen molar-refractivity contribution in [2.24, 2.45) is 0 Å². The van der Waals surface area contributed by atoms with Crippen LogP contribution in [0, 0.1) is 0 Å². The van der Waals surface area contributed by atoms with Gasteiger partial charge in [0.15, 0.2) is 23.0 Å². The van der Waals surface area contributed by atoms with Crippen LogP contribution >= 0.6 is 0 Å². The molecule has 0 aliphatic carbocycles. The lowest BCUT2D eigenvalue weighted by Crippen LogP contribution is -2.34. The van der Waals surface area contributed by atoms with Crippen LogP contribution < -0.4 is 24.3 Å². The Bertz CT molecular complexity index is 1750. The summed E-state index contributed by atoms with van der Waals surface area (Å²) >= 11 is 0. The molecule has 4 aromatic rings. The van der Waals surface area contributed by atoms with Gasteiger partial charge in [-0.05, 0) is 110 Å². The number of phenolic OH excluding ortho intramolecular Hbond substituents is 2. The molecule has 0 saturated carbocycles. The molecular formula is C36H38N2O6. The molecule has 0 aromatic heterocycles. The van der Waals surface area contributed by atoms with Crippen molar-refractivity contribution in [1.29, 1.82) is 0 Å². The van der Waals surface area contributed by atoms with Crippen molar-refractivity contribution in [2.45, 2.75) is 37.8 Å². The monoisotopic (exact) mass is 594 g/mol. The third-order valence-corrected chi connectivity index (χ3v) is 9.45. The van der Waals surface area contributed by atoms with E-state index in [0.29, 0.717) is 41.6 Å². The van der Waals surface area contributed by atoms with E-state index in [1.165, 1.54) is 5.56 Å². The molecule has 3 heterocycles. The van der Waals surface area contributed by atoms with E-state index in [1.807, 2.05) is 18.2 Å². The summed E-state index contributed by atoms with van der Waals surface area (Å²) in [5, 5.41) is 26.4. The summed E-state index contributed by atoms with van der Waals surface area (Å²) in [4.78, 5) is 2.30. The van der Waals surface area contributed by atoms with Gasteiger partial charge < -0.3 is 34.5 Å². The molecule has 6 bridgehead atoms. The van der Waals surface area contributed by atoms with Crippen LogP contribution in [0.1, 0.15) is 45.5 Å². The Labute approximate surface area is 257 Å². The number of aromatic hydroxyl groups is 2. The number of hydrogen-bond acceptors (Lipinski definition) is 8. The fourth-order valence-electron chi connectivity index (χ4n) is 7.11. The number of hydrogen-bond donors (Lipinski definition) is 3. The van der Waals surface area contributed by atoms with E-state index in [0.717, 1.165) is 64.9 Å². The smallest absolute Gasteiger partial charge is 0.201 e. The van der Waals surface area contributed by atoms with Gasteiger partial charge in [-0.15, -0.1) is 0 Å². The summed E-state index contributed by atoms with van der Waals surface area (Å²) in [5.74, 6) is 2.81. The molecule has 2 unspecified atom stereocenters. The second-order valence-electron chi connectivity index (χ2n) is 11.9. The molecule has 7 rings (SSSR count). The minimum Gasteiger partial charge on any atom is -0.507 e. The minimum atomic E-state index is -0.0994. The summed E-state index contributed by atoms with van der Waals surface area (Å²) < 4.78 is 24.0. The average Bonchev–Trinajstić information content (AvgIpc) is 3.03. The number of phenols is 2. The number of nitrogens with zero attached hydrogens (tertiary/aromatic N) is 1. The van der Waals surface area contributed by atoms with Crippen LogP contribution in [0.25, 0.3) is 11.1 Å². The van der Waals surface area contributed by atoms with Crippen LogP contribution in [0.5, 0.6) is 40.2 Å². The van der Waals surface area contributed by atoms with Gasteiger partial charge in [0.05, 0.1) is 21.3 Å². The Morgan fingerprint density at radius 3 is 2.32 bits per heavy atom. The van der Waals surface area contributed by atoms with Crippen molar-refractivity contribution in [2.75, 3.05) is 41.5 Å². The second kappa shape index (κ2) is 11.3. The molecule has 3 N–H and O–H groups in total. The minimum absolute atomic E-state index is 0.0113. The van der Waals surface area contributed by atoms with Crippen LogP contribution in [0.4, 0.5) is 0 Å². The predicted molar refractivity (Wildman–Crippen MR) is 169 cm³/mol. The molecule has 0 spiro atoms. The van der Waals surface area contributed by atoms with Crippen molar-refractivity contribution in [1.82, 2.24) is 10.2 Å². The van der Waals surface area contributed by atoms with Gasteiger partial charge in [-0.3, -0.25) is 4.90 Å². The van der Waals surface area contributed by atoms with Crippen LogP contribution in [-0.2, 0) is 25.7 Å². The van der Waals surface area contributed by atoms with Gasteiger partial charge >= 0.3 is 0 Å². The Kier molecular flexibility index (Phi) is 7.26. The van der Waals surface area contributed by atoms with Gasteiger partial charge in [0.25, 0.3) is 0 Å². The lowest BCUT2D eigenvalue weighted by molar-refractivity contribution is 0.221. The quantitative estimate of drug-likeness (QED) is 0.262. The highest BCUT2D eigenvalue weighted by Crippen LogP contribution is 2.51. The first-order valence-electron chi connectivity index (χ1n) is 15.1. The summed E-state index contributed by atoms with van der Waals surface area (Å²) in [5.41, 5.74) is 8.07. The normalized spacial score (nSPS) is 19.0. The van der Waals surface area contributed by atoms with E-state index >= 15 is 0 Å². The predicted octanol–water partition coefficient (Wildman–Crippen LogP) is 6.10. The Hall–Kier alpha value is -4.40. The number of rotatable bonds is 3. The fourth-order valence-corrected chi connectivity index (χ4v) is 7.11. The zero-order valence-corrected chi connectivity index (χ0v) is 25.6. The number of nitrogens with one attached hydrogen (secondary N) is 1. The van der Waals surface area contributed by atoms with Gasteiger partial charge in [0.1, 0.15) is 11.5 Å². The topological polar surface area (TPSA) is 92.7 Å². The maximum Gasteiger partial charge on any atom is 0.201 e. The molecule has 4 aromatic carbocycles. The molecule has 0 radical (unpaired) electrons. The summed E-state index contributed by atoms with van der Waals surface area (Å²) in [6.45, 7) is 1.67. The van der Waals surface area contributed by atoms with Gasteiger partial charge in [-0.2, -0.15) is 0 Å². The molecule has 0 amide bonds. The standard InChI is InChI=1S/C36H38N2O6/c1-38-12-10-23-18-33(43-4)35(40)36-34(23)28(38)16-21-6-8-30(41-2)26(14-21)25-13-20(5-7-29(25)39)15-27-24-19-32(44-36)31(42-3)17-22(24)9-11-37-27/h5-8,13-14,17-19,27-28,37,39-40H,9-12,15-16H2,1-4H3. The molecule has 228 valence electrons. The molecule has 44 heavy (non-hydrogen) atoms. The molecule has 2 atom stereocenters. The highest BCUT2D eigenvalue weighted by molar-refractivity contribution is 5.77. The Balaban J connectivity index is 1.50. The molecule has 8 heteroatoms. The van der Waals surface area contributed by atoms with E-state index in [2.05, 4.69) is 47.6 Å². The summed E-state index contributed by atoms with van der Waals surface area (Å²) in [7, 11) is 6.97. The van der Waals surface area contributed by atoms with Crippen LogP contribution in [0.15, 0.2) is 54.6 Å². The third kappa shape index (κ3) is 4.78. The number of methoxy groups -OCH3 is 3. The number of likely N-dealkylation sites (N-methyl/N-ethyl adjacent to an activating group) is 1. The Morgan fingerprint density at radius 1 is 0.795 bits per heavy atom. The fraction of sp³-hybridized carbons (Fsp3) is 0.333. The third-order valence-electron chi connectivity index (χ3n) is 9.45. The maximum atomic E-state index is 11.6. The van der Waals surface area contributed by atoms with E-state index in [9.17, 15) is 10.2 Å². The summed E-state index contributed by atoms with van der Waals surface area (Å²) in [6.07, 6.45) is 3.01. The molecule has 8 nitrogen and oxygen atoms in total. The molecule has 0 fully saturated rings. The van der Waals surface area contributed by atoms with Crippen LogP contribution in [0.3, 0.4) is 0 Å². The zero-order chi connectivity index (χ0) is 30.5. The van der Waals surface area contributed by atoms with Crippen molar-refractivity contribution in [3.8, 4) is 51.4 Å². The lowest BCUT2D eigenvalue weighted by atomic mass is 9.86. The SMILES string of the molecule is COc1cc2c3cc1Oc1c(O)c(OC)cc4c1C(Cc1ccc(OC)c(c1)-c1cc(ccc1O)CC3NCC2)N(C)CC4. The largest absolute Gasteiger partial charge is 0.507 e. The van der Waals surface area contributed by atoms with Gasteiger partial charge in [0.2, 0.25) is 5.75 Å². The van der Waals surface area contributed by atoms with E-state index in [4.69, 9.17) is 18.9 Å². The van der Waals surface area contributed by atoms with Crippen molar-refractivity contribution >= 4 is 0 Å². The molecule has 0 saturated heterocycles. The average molecular weight is 595 g/mol. The number of fused-ring (bicyclic) bond motifs is 6. The highest BCUT2D eigenvalue weighted by Gasteiger charge is 2.34. The first-order valence-corrected chi connectivity index (χ1v) is 15.1. The van der Waals surface area contributed by atoms with Crippen LogP contribution in [-0.4, -0.2) is 56.6 Å². The number of ether oxygens (including phenoxy) is 4. The van der Waals surface area contributed by atoms with Crippen molar-refractivity contribution in [3.05, 3.63) is 88.0 Å². The van der Waals surface area contributed by atoms with Gasteiger partial charge in [-0.1, -0.05) is 12.1 Å². The zero-order valence-electron chi connectivity index (χ0n) is 25.6. The Morgan fingerprint density at radius 2 is 1.52 bits per heavy atom. The lowest BCUT2D eigenvalue weighted by Gasteiger charge is -2.36. The van der Waals surface area contributed by atoms with E-state index < -0.39 is 0 Å². The highest BCUT2D eigenvalue weighted by atomic mass is 16.5. The van der Waals surface area contributed by atoms with E-state index in [-0.39, 0.29) is 23.6 Å². The summed E-state index contributed by atoms with van der Waals surface area (Å²) in [6, 6.07) is 17.9. The maximum absolute atomic E-state index is 11.6. The molecule has 3 aliphatic heterocycles. The first kappa shape index (κ1) is 28.4.